The first kappa shape index (κ1) is 13.1. The summed E-state index contributed by atoms with van der Waals surface area (Å²) in [7, 11) is 0. The summed E-state index contributed by atoms with van der Waals surface area (Å²) in [6, 6.07) is 16.6. The minimum atomic E-state index is 0.833. The molecule has 2 aromatic carbocycles. The van der Waals surface area contributed by atoms with Gasteiger partial charge in [-0.05, 0) is 35.7 Å². The van der Waals surface area contributed by atoms with Gasteiger partial charge in [-0.25, -0.2) is 0 Å². The normalized spacial score (nSPS) is 10.6. The van der Waals surface area contributed by atoms with E-state index in [1.807, 2.05) is 24.3 Å². The lowest BCUT2D eigenvalue weighted by atomic mass is 10.0. The molecule has 0 unspecified atom stereocenters. The molecule has 0 atom stereocenters. The monoisotopic (exact) mass is 259 g/mol. The molecule has 0 amide bonds. The van der Waals surface area contributed by atoms with Gasteiger partial charge in [-0.15, -0.1) is 0 Å². The smallest absolute Gasteiger partial charge is 0.0457 e. The molecule has 0 saturated heterocycles. The van der Waals surface area contributed by atoms with Crippen LogP contribution in [-0.4, -0.2) is 6.54 Å². The van der Waals surface area contributed by atoms with Gasteiger partial charge < -0.3 is 5.32 Å². The van der Waals surface area contributed by atoms with Crippen LogP contribution < -0.4 is 5.32 Å². The molecule has 0 aromatic heterocycles. The van der Waals surface area contributed by atoms with Crippen molar-refractivity contribution in [1.82, 2.24) is 5.32 Å². The Morgan fingerprint density at radius 3 is 2.44 bits per heavy atom. The van der Waals surface area contributed by atoms with Crippen LogP contribution in [0, 0.1) is 0 Å². The van der Waals surface area contributed by atoms with Gasteiger partial charge >= 0.3 is 0 Å². The zero-order valence-electron chi connectivity index (χ0n) is 10.6. The van der Waals surface area contributed by atoms with Gasteiger partial charge in [-0.3, -0.25) is 0 Å². The Morgan fingerprint density at radius 1 is 1.00 bits per heavy atom. The Bertz CT molecular complexity index is 494. The van der Waals surface area contributed by atoms with Crippen molar-refractivity contribution in [2.45, 2.75) is 19.9 Å². The summed E-state index contributed by atoms with van der Waals surface area (Å²) in [5.41, 5.74) is 3.53. The fraction of sp³-hybridized carbons (Fsp3) is 0.250. The zero-order valence-corrected chi connectivity index (χ0v) is 11.4. The standard InChI is InChI=1S/C16H18ClN/c1-2-10-18-12-15-9-8-14(11-16(15)17)13-6-4-3-5-7-13/h3-9,11,18H,2,10,12H2,1H3. The van der Waals surface area contributed by atoms with Gasteiger partial charge in [0.1, 0.15) is 0 Å². The van der Waals surface area contributed by atoms with Crippen LogP contribution in [0.5, 0.6) is 0 Å². The number of benzene rings is 2. The van der Waals surface area contributed by atoms with E-state index in [4.69, 9.17) is 11.6 Å². The molecule has 0 saturated carbocycles. The maximum absolute atomic E-state index is 6.32. The summed E-state index contributed by atoms with van der Waals surface area (Å²) in [6.07, 6.45) is 1.14. The highest BCUT2D eigenvalue weighted by Crippen LogP contribution is 2.25. The Morgan fingerprint density at radius 2 is 1.78 bits per heavy atom. The van der Waals surface area contributed by atoms with E-state index in [1.54, 1.807) is 0 Å². The highest BCUT2D eigenvalue weighted by atomic mass is 35.5. The first-order valence-corrected chi connectivity index (χ1v) is 6.73. The van der Waals surface area contributed by atoms with Crippen molar-refractivity contribution in [2.75, 3.05) is 6.54 Å². The fourth-order valence-corrected chi connectivity index (χ4v) is 2.15. The predicted octanol–water partition coefficient (Wildman–Crippen LogP) is 4.51. The van der Waals surface area contributed by atoms with Gasteiger partial charge in [0, 0.05) is 11.6 Å². The molecule has 0 aliphatic heterocycles. The molecule has 0 aliphatic rings. The van der Waals surface area contributed by atoms with Crippen LogP contribution in [0.15, 0.2) is 48.5 Å². The third-order valence-corrected chi connectivity index (χ3v) is 3.25. The number of hydrogen-bond donors (Lipinski definition) is 1. The van der Waals surface area contributed by atoms with E-state index in [-0.39, 0.29) is 0 Å². The molecule has 2 aromatic rings. The van der Waals surface area contributed by atoms with E-state index < -0.39 is 0 Å². The first-order valence-electron chi connectivity index (χ1n) is 6.36. The van der Waals surface area contributed by atoms with Crippen molar-refractivity contribution in [2.24, 2.45) is 0 Å². The van der Waals surface area contributed by atoms with Crippen molar-refractivity contribution in [3.63, 3.8) is 0 Å². The van der Waals surface area contributed by atoms with Gasteiger partial charge in [-0.1, -0.05) is 61.0 Å². The topological polar surface area (TPSA) is 12.0 Å². The summed E-state index contributed by atoms with van der Waals surface area (Å²) < 4.78 is 0. The molecule has 2 heteroatoms. The lowest BCUT2D eigenvalue weighted by molar-refractivity contribution is 0.675. The van der Waals surface area contributed by atoms with Crippen LogP contribution in [0.1, 0.15) is 18.9 Å². The number of hydrogen-bond acceptors (Lipinski definition) is 1. The van der Waals surface area contributed by atoms with Gasteiger partial charge in [0.05, 0.1) is 0 Å². The van der Waals surface area contributed by atoms with Crippen LogP contribution in [0.2, 0.25) is 5.02 Å². The van der Waals surface area contributed by atoms with Gasteiger partial charge in [0.25, 0.3) is 0 Å². The first-order chi connectivity index (χ1) is 8.81. The second-order valence-corrected chi connectivity index (χ2v) is 4.76. The molecule has 0 bridgehead atoms. The summed E-state index contributed by atoms with van der Waals surface area (Å²) in [6.45, 7) is 4.02. The van der Waals surface area contributed by atoms with Gasteiger partial charge in [-0.2, -0.15) is 0 Å². The maximum atomic E-state index is 6.32. The van der Waals surface area contributed by atoms with Crippen LogP contribution >= 0.6 is 11.6 Å². The van der Waals surface area contributed by atoms with E-state index in [9.17, 15) is 0 Å². The third kappa shape index (κ3) is 3.34. The maximum Gasteiger partial charge on any atom is 0.0457 e. The molecule has 0 radical (unpaired) electrons. The van der Waals surface area contributed by atoms with E-state index in [2.05, 4.69) is 36.5 Å². The number of nitrogens with one attached hydrogen (secondary N) is 1. The highest BCUT2D eigenvalue weighted by molar-refractivity contribution is 6.31. The summed E-state index contributed by atoms with van der Waals surface area (Å²) >= 11 is 6.32. The molecule has 0 heterocycles. The van der Waals surface area contributed by atoms with E-state index in [1.165, 1.54) is 11.1 Å². The Balaban J connectivity index is 2.15. The second-order valence-electron chi connectivity index (χ2n) is 4.35. The fourth-order valence-electron chi connectivity index (χ4n) is 1.90. The van der Waals surface area contributed by atoms with Gasteiger partial charge in [0.15, 0.2) is 0 Å². The van der Waals surface area contributed by atoms with Crippen molar-refractivity contribution >= 4 is 11.6 Å². The van der Waals surface area contributed by atoms with E-state index in [0.29, 0.717) is 0 Å². The summed E-state index contributed by atoms with van der Waals surface area (Å²) in [4.78, 5) is 0. The van der Waals surface area contributed by atoms with Crippen LogP contribution in [0.25, 0.3) is 11.1 Å². The summed E-state index contributed by atoms with van der Waals surface area (Å²) in [5.74, 6) is 0. The average Bonchev–Trinajstić information content (AvgIpc) is 2.42. The molecule has 94 valence electrons. The average molecular weight is 260 g/mol. The molecular formula is C16H18ClN. The van der Waals surface area contributed by atoms with Crippen molar-refractivity contribution in [1.29, 1.82) is 0 Å². The zero-order chi connectivity index (χ0) is 12.8. The molecule has 0 fully saturated rings. The molecule has 2 rings (SSSR count). The molecule has 0 spiro atoms. The Hall–Kier alpha value is -1.31. The Labute approximate surface area is 114 Å². The molecule has 0 aliphatic carbocycles. The minimum absolute atomic E-state index is 0.833. The number of rotatable bonds is 5. The Kier molecular flexibility index (Phi) is 4.80. The van der Waals surface area contributed by atoms with Crippen LogP contribution in [0.4, 0.5) is 0 Å². The van der Waals surface area contributed by atoms with Crippen LogP contribution in [-0.2, 0) is 6.54 Å². The van der Waals surface area contributed by atoms with Gasteiger partial charge in [0.2, 0.25) is 0 Å². The molecule has 1 nitrogen and oxygen atoms in total. The molecule has 18 heavy (non-hydrogen) atoms. The number of halogens is 1. The SMILES string of the molecule is CCCNCc1ccc(-c2ccccc2)cc1Cl. The minimum Gasteiger partial charge on any atom is -0.313 e. The highest BCUT2D eigenvalue weighted by Gasteiger charge is 2.03. The second kappa shape index (κ2) is 6.58. The van der Waals surface area contributed by atoms with Crippen molar-refractivity contribution < 1.29 is 0 Å². The third-order valence-electron chi connectivity index (χ3n) is 2.90. The quantitative estimate of drug-likeness (QED) is 0.780. The van der Waals surface area contributed by atoms with Crippen LogP contribution in [0.3, 0.4) is 0 Å². The summed E-state index contributed by atoms with van der Waals surface area (Å²) in [5, 5.41) is 4.20. The lowest BCUT2D eigenvalue weighted by Gasteiger charge is -2.08. The molecular weight excluding hydrogens is 242 g/mol. The lowest BCUT2D eigenvalue weighted by Crippen LogP contribution is -2.13. The van der Waals surface area contributed by atoms with E-state index >= 15 is 0 Å². The predicted molar refractivity (Wildman–Crippen MR) is 78.9 cm³/mol. The largest absolute Gasteiger partial charge is 0.313 e. The van der Waals surface area contributed by atoms with Crippen molar-refractivity contribution in [3.8, 4) is 11.1 Å². The van der Waals surface area contributed by atoms with E-state index in [0.717, 1.165) is 30.1 Å². The molecule has 1 N–H and O–H groups in total. The van der Waals surface area contributed by atoms with Crippen molar-refractivity contribution in [3.05, 3.63) is 59.1 Å².